The van der Waals surface area contributed by atoms with Crippen LogP contribution in [0, 0.1) is 0 Å². The van der Waals surface area contributed by atoms with Crippen molar-refractivity contribution in [2.75, 3.05) is 5.75 Å². The molecule has 2 rings (SSSR count). The van der Waals surface area contributed by atoms with Gasteiger partial charge in [-0.05, 0) is 24.8 Å². The second-order valence-corrected chi connectivity index (χ2v) is 6.75. The molecule has 0 bridgehead atoms. The number of hydrogen-bond donors (Lipinski definition) is 2. The smallest absolute Gasteiger partial charge is 0.212 e. The molecule has 2 atom stereocenters. The van der Waals surface area contributed by atoms with Gasteiger partial charge in [0.25, 0.3) is 0 Å². The van der Waals surface area contributed by atoms with Crippen molar-refractivity contribution < 1.29 is 8.42 Å². The molecule has 0 amide bonds. The first kappa shape index (κ1) is 13.5. The molecule has 1 aliphatic rings. The third-order valence-electron chi connectivity index (χ3n) is 3.40. The number of benzene rings is 1. The van der Waals surface area contributed by atoms with Crippen LogP contribution >= 0.6 is 0 Å². The summed E-state index contributed by atoms with van der Waals surface area (Å²) in [5.41, 5.74) is 6.91. The first-order valence-electron chi connectivity index (χ1n) is 6.36. The van der Waals surface area contributed by atoms with Gasteiger partial charge in [-0.3, -0.25) is 0 Å². The van der Waals surface area contributed by atoms with E-state index in [9.17, 15) is 8.42 Å². The first-order chi connectivity index (χ1) is 8.57. The Hall–Kier alpha value is -0.910. The molecule has 4 nitrogen and oxygen atoms in total. The van der Waals surface area contributed by atoms with E-state index in [1.54, 1.807) is 0 Å². The molecule has 0 heterocycles. The maximum atomic E-state index is 11.9. The predicted octanol–water partition coefficient (Wildman–Crippen LogP) is 1.03. The highest BCUT2D eigenvalue weighted by molar-refractivity contribution is 7.89. The standard InChI is InChI=1S/C13H20N2O2S/c14-12-7-4-8-13(12)15-18(16,17)10-9-11-5-2-1-3-6-11/h1-3,5-6,12-13,15H,4,7-10,14H2. The molecule has 0 radical (unpaired) electrons. The van der Waals surface area contributed by atoms with Crippen molar-refractivity contribution in [2.24, 2.45) is 5.73 Å². The van der Waals surface area contributed by atoms with E-state index in [2.05, 4.69) is 4.72 Å². The van der Waals surface area contributed by atoms with Crippen LogP contribution in [0.5, 0.6) is 0 Å². The zero-order valence-electron chi connectivity index (χ0n) is 10.4. The minimum atomic E-state index is -3.23. The van der Waals surface area contributed by atoms with Gasteiger partial charge in [0.15, 0.2) is 0 Å². The topological polar surface area (TPSA) is 72.2 Å². The Morgan fingerprint density at radius 2 is 1.94 bits per heavy atom. The van der Waals surface area contributed by atoms with Gasteiger partial charge in [0.05, 0.1) is 5.75 Å². The largest absolute Gasteiger partial charge is 0.326 e. The molecule has 3 N–H and O–H groups in total. The number of rotatable bonds is 5. The summed E-state index contributed by atoms with van der Waals surface area (Å²) < 4.78 is 26.6. The number of sulfonamides is 1. The Balaban J connectivity index is 1.88. The summed E-state index contributed by atoms with van der Waals surface area (Å²) in [6.45, 7) is 0. The quantitative estimate of drug-likeness (QED) is 0.837. The summed E-state index contributed by atoms with van der Waals surface area (Å²) >= 11 is 0. The maximum absolute atomic E-state index is 11.9. The first-order valence-corrected chi connectivity index (χ1v) is 8.01. The number of aryl methyl sites for hydroxylation is 1. The van der Waals surface area contributed by atoms with Crippen LogP contribution in [0.15, 0.2) is 30.3 Å². The normalized spacial score (nSPS) is 24.3. The molecule has 1 fully saturated rings. The summed E-state index contributed by atoms with van der Waals surface area (Å²) in [6, 6.07) is 9.54. The summed E-state index contributed by atoms with van der Waals surface area (Å²) in [5.74, 6) is 0.125. The van der Waals surface area contributed by atoms with E-state index in [-0.39, 0.29) is 17.8 Å². The lowest BCUT2D eigenvalue weighted by Crippen LogP contribution is -2.44. The van der Waals surface area contributed by atoms with Crippen molar-refractivity contribution in [1.82, 2.24) is 4.72 Å². The third kappa shape index (κ3) is 3.80. The fourth-order valence-corrected chi connectivity index (χ4v) is 3.70. The lowest BCUT2D eigenvalue weighted by atomic mass is 10.2. The highest BCUT2D eigenvalue weighted by atomic mass is 32.2. The van der Waals surface area contributed by atoms with Crippen LogP contribution in [0.2, 0.25) is 0 Å². The summed E-state index contributed by atoms with van der Waals surface area (Å²) in [7, 11) is -3.23. The predicted molar refractivity (Wildman–Crippen MR) is 72.7 cm³/mol. The van der Waals surface area contributed by atoms with Crippen LogP contribution in [0.1, 0.15) is 24.8 Å². The van der Waals surface area contributed by atoms with Gasteiger partial charge in [0.1, 0.15) is 0 Å². The van der Waals surface area contributed by atoms with Crippen LogP contribution in [0.3, 0.4) is 0 Å². The number of nitrogens with two attached hydrogens (primary N) is 1. The summed E-state index contributed by atoms with van der Waals surface area (Å²) in [6.07, 6.45) is 3.31. The van der Waals surface area contributed by atoms with E-state index in [0.717, 1.165) is 24.8 Å². The highest BCUT2D eigenvalue weighted by Crippen LogP contribution is 2.18. The zero-order chi connectivity index (χ0) is 13.0. The summed E-state index contributed by atoms with van der Waals surface area (Å²) in [5, 5.41) is 0. The van der Waals surface area contributed by atoms with Gasteiger partial charge in [-0.2, -0.15) is 0 Å². The van der Waals surface area contributed by atoms with E-state index in [4.69, 9.17) is 5.73 Å². The third-order valence-corrected chi connectivity index (χ3v) is 4.81. The molecule has 100 valence electrons. The zero-order valence-corrected chi connectivity index (χ0v) is 11.2. The molecule has 0 aliphatic heterocycles. The molecule has 5 heteroatoms. The van der Waals surface area contributed by atoms with Crippen molar-refractivity contribution in [3.8, 4) is 0 Å². The number of hydrogen-bond acceptors (Lipinski definition) is 3. The molecule has 1 aliphatic carbocycles. The number of nitrogens with one attached hydrogen (secondary N) is 1. The second kappa shape index (κ2) is 5.82. The Morgan fingerprint density at radius 3 is 2.56 bits per heavy atom. The van der Waals surface area contributed by atoms with Crippen LogP contribution in [-0.2, 0) is 16.4 Å². The molecule has 0 saturated heterocycles. The minimum absolute atomic E-state index is 0.0310. The Bertz CT molecular complexity index is 473. The second-order valence-electron chi connectivity index (χ2n) is 4.87. The highest BCUT2D eigenvalue weighted by Gasteiger charge is 2.27. The van der Waals surface area contributed by atoms with Gasteiger partial charge < -0.3 is 5.73 Å². The van der Waals surface area contributed by atoms with Crippen molar-refractivity contribution in [1.29, 1.82) is 0 Å². The fourth-order valence-electron chi connectivity index (χ4n) is 2.32. The lowest BCUT2D eigenvalue weighted by Gasteiger charge is -2.17. The van der Waals surface area contributed by atoms with Gasteiger partial charge in [0, 0.05) is 12.1 Å². The van der Waals surface area contributed by atoms with Crippen LogP contribution in [-0.4, -0.2) is 26.3 Å². The van der Waals surface area contributed by atoms with Crippen molar-refractivity contribution >= 4 is 10.0 Å². The van der Waals surface area contributed by atoms with Crippen molar-refractivity contribution in [3.05, 3.63) is 35.9 Å². The van der Waals surface area contributed by atoms with E-state index in [1.807, 2.05) is 30.3 Å². The average Bonchev–Trinajstić information content (AvgIpc) is 2.73. The Kier molecular flexibility index (Phi) is 4.37. The monoisotopic (exact) mass is 268 g/mol. The molecule has 0 aromatic heterocycles. The molecule has 0 spiro atoms. The molecular weight excluding hydrogens is 248 g/mol. The van der Waals surface area contributed by atoms with Crippen LogP contribution < -0.4 is 10.5 Å². The van der Waals surface area contributed by atoms with Gasteiger partial charge in [-0.1, -0.05) is 36.8 Å². The van der Waals surface area contributed by atoms with Crippen LogP contribution in [0.4, 0.5) is 0 Å². The molecule has 1 aromatic rings. The van der Waals surface area contributed by atoms with Crippen LogP contribution in [0.25, 0.3) is 0 Å². The van der Waals surface area contributed by atoms with Gasteiger partial charge in [-0.15, -0.1) is 0 Å². The molecule has 2 unspecified atom stereocenters. The fraction of sp³-hybridized carbons (Fsp3) is 0.538. The van der Waals surface area contributed by atoms with Gasteiger partial charge in [-0.25, -0.2) is 13.1 Å². The van der Waals surface area contributed by atoms with E-state index in [0.29, 0.717) is 6.42 Å². The van der Waals surface area contributed by atoms with Crippen molar-refractivity contribution in [2.45, 2.75) is 37.8 Å². The van der Waals surface area contributed by atoms with E-state index < -0.39 is 10.0 Å². The van der Waals surface area contributed by atoms with Crippen molar-refractivity contribution in [3.63, 3.8) is 0 Å². The molecule has 1 saturated carbocycles. The molecule has 1 aromatic carbocycles. The summed E-state index contributed by atoms with van der Waals surface area (Å²) in [4.78, 5) is 0. The maximum Gasteiger partial charge on any atom is 0.212 e. The molecule has 18 heavy (non-hydrogen) atoms. The van der Waals surface area contributed by atoms with Gasteiger partial charge in [0.2, 0.25) is 10.0 Å². The lowest BCUT2D eigenvalue weighted by molar-refractivity contribution is 0.522. The SMILES string of the molecule is NC1CCCC1NS(=O)(=O)CCc1ccccc1. The van der Waals surface area contributed by atoms with Gasteiger partial charge >= 0.3 is 0 Å². The average molecular weight is 268 g/mol. The minimum Gasteiger partial charge on any atom is -0.326 e. The van der Waals surface area contributed by atoms with E-state index >= 15 is 0 Å². The molecular formula is C13H20N2O2S. The Morgan fingerprint density at radius 1 is 1.22 bits per heavy atom. The van der Waals surface area contributed by atoms with E-state index in [1.165, 1.54) is 0 Å². The Labute approximate surface area is 109 Å².